The van der Waals surface area contributed by atoms with Crippen molar-refractivity contribution in [1.82, 2.24) is 10.2 Å². The molecule has 2 heterocycles. The molecule has 6 heteroatoms. The second-order valence-corrected chi connectivity index (χ2v) is 6.01. The summed E-state index contributed by atoms with van der Waals surface area (Å²) in [5.74, 6) is -0.502. The van der Waals surface area contributed by atoms with Crippen LogP contribution in [0, 0.1) is 11.8 Å². The number of carbonyl (C=O) groups excluding carboxylic acids is 2. The largest absolute Gasteiger partial charge is 0.481 e. The van der Waals surface area contributed by atoms with Crippen LogP contribution in [-0.2, 0) is 14.4 Å². The zero-order valence-electron chi connectivity index (χ0n) is 11.8. The van der Waals surface area contributed by atoms with Gasteiger partial charge in [-0.1, -0.05) is 6.92 Å². The summed E-state index contributed by atoms with van der Waals surface area (Å²) >= 11 is 0. The fourth-order valence-electron chi connectivity index (χ4n) is 3.13. The van der Waals surface area contributed by atoms with Gasteiger partial charge in [0.15, 0.2) is 0 Å². The molecule has 0 aliphatic carbocycles. The summed E-state index contributed by atoms with van der Waals surface area (Å²) in [4.78, 5) is 36.0. The predicted molar refractivity (Wildman–Crippen MR) is 71.9 cm³/mol. The van der Waals surface area contributed by atoms with Gasteiger partial charge < -0.3 is 15.3 Å². The number of hydrogen-bond acceptors (Lipinski definition) is 3. The Morgan fingerprint density at radius 2 is 2.15 bits per heavy atom. The van der Waals surface area contributed by atoms with Crippen molar-refractivity contribution in [3.8, 4) is 0 Å². The zero-order chi connectivity index (χ0) is 14.7. The van der Waals surface area contributed by atoms with Crippen LogP contribution in [0.15, 0.2) is 0 Å². The highest BCUT2D eigenvalue weighted by Gasteiger charge is 2.35. The van der Waals surface area contributed by atoms with Gasteiger partial charge in [-0.15, -0.1) is 0 Å². The number of amides is 2. The zero-order valence-corrected chi connectivity index (χ0v) is 11.8. The van der Waals surface area contributed by atoms with Crippen molar-refractivity contribution < 1.29 is 19.5 Å². The SMILES string of the molecule is CC(CC(=O)O)CC(=O)N1CCC2NC(=O)CCC2C1. The minimum Gasteiger partial charge on any atom is -0.481 e. The molecule has 0 aromatic heterocycles. The number of carboxylic acid groups (broad SMARTS) is 1. The molecule has 0 radical (unpaired) electrons. The first-order valence-electron chi connectivity index (χ1n) is 7.24. The van der Waals surface area contributed by atoms with E-state index in [-0.39, 0.29) is 36.6 Å². The molecular weight excluding hydrogens is 260 g/mol. The van der Waals surface area contributed by atoms with Crippen molar-refractivity contribution in [3.05, 3.63) is 0 Å². The number of nitrogens with one attached hydrogen (secondary N) is 1. The summed E-state index contributed by atoms with van der Waals surface area (Å²) in [5, 5.41) is 11.7. The van der Waals surface area contributed by atoms with Gasteiger partial charge in [-0.2, -0.15) is 0 Å². The second kappa shape index (κ2) is 6.24. The Bertz CT molecular complexity index is 410. The van der Waals surface area contributed by atoms with E-state index in [1.54, 1.807) is 6.92 Å². The quantitative estimate of drug-likeness (QED) is 0.791. The second-order valence-electron chi connectivity index (χ2n) is 6.01. The van der Waals surface area contributed by atoms with Crippen LogP contribution in [0.4, 0.5) is 0 Å². The lowest BCUT2D eigenvalue weighted by molar-refractivity contribution is -0.139. The van der Waals surface area contributed by atoms with Gasteiger partial charge >= 0.3 is 5.97 Å². The molecule has 2 rings (SSSR count). The first-order valence-corrected chi connectivity index (χ1v) is 7.24. The molecule has 2 N–H and O–H groups in total. The number of fused-ring (bicyclic) bond motifs is 1. The fraction of sp³-hybridized carbons (Fsp3) is 0.786. The topological polar surface area (TPSA) is 86.7 Å². The standard InChI is InChI=1S/C14H22N2O4/c1-9(7-14(19)20)6-13(18)16-5-4-11-10(8-16)2-3-12(17)15-11/h9-11H,2-8H2,1H3,(H,15,17)(H,19,20). The maximum atomic E-state index is 12.2. The van der Waals surface area contributed by atoms with Gasteiger partial charge in [-0.05, 0) is 24.7 Å². The third-order valence-corrected chi connectivity index (χ3v) is 4.22. The van der Waals surface area contributed by atoms with Crippen molar-refractivity contribution in [1.29, 1.82) is 0 Å². The lowest BCUT2D eigenvalue weighted by Gasteiger charge is -2.41. The lowest BCUT2D eigenvalue weighted by Crippen LogP contribution is -2.55. The van der Waals surface area contributed by atoms with Crippen molar-refractivity contribution in [2.24, 2.45) is 11.8 Å². The molecule has 0 bridgehead atoms. The molecule has 0 saturated carbocycles. The van der Waals surface area contributed by atoms with Crippen LogP contribution in [0.1, 0.15) is 39.0 Å². The Morgan fingerprint density at radius 1 is 1.40 bits per heavy atom. The van der Waals surface area contributed by atoms with Gasteiger partial charge in [0, 0.05) is 38.4 Å². The van der Waals surface area contributed by atoms with Gasteiger partial charge in [0.2, 0.25) is 11.8 Å². The van der Waals surface area contributed by atoms with Crippen LogP contribution < -0.4 is 5.32 Å². The molecule has 3 atom stereocenters. The van der Waals surface area contributed by atoms with Gasteiger partial charge in [0.05, 0.1) is 0 Å². The van der Waals surface area contributed by atoms with Gasteiger partial charge in [0.1, 0.15) is 0 Å². The van der Waals surface area contributed by atoms with Crippen molar-refractivity contribution >= 4 is 17.8 Å². The molecule has 2 fully saturated rings. The van der Waals surface area contributed by atoms with Crippen molar-refractivity contribution in [2.45, 2.75) is 45.1 Å². The Morgan fingerprint density at radius 3 is 2.85 bits per heavy atom. The molecule has 0 aromatic carbocycles. The van der Waals surface area contributed by atoms with E-state index in [0.29, 0.717) is 25.4 Å². The molecule has 2 aliphatic rings. The number of carbonyl (C=O) groups is 3. The molecule has 2 saturated heterocycles. The van der Waals surface area contributed by atoms with Gasteiger partial charge in [0.25, 0.3) is 0 Å². The Hall–Kier alpha value is -1.59. The van der Waals surface area contributed by atoms with Crippen LogP contribution in [0.3, 0.4) is 0 Å². The molecule has 3 unspecified atom stereocenters. The van der Waals surface area contributed by atoms with Crippen LogP contribution >= 0.6 is 0 Å². The molecule has 0 spiro atoms. The maximum Gasteiger partial charge on any atom is 0.303 e. The third-order valence-electron chi connectivity index (χ3n) is 4.22. The normalized spacial score (nSPS) is 27.4. The summed E-state index contributed by atoms with van der Waals surface area (Å²) in [6.07, 6.45) is 2.50. The van der Waals surface area contributed by atoms with Gasteiger partial charge in [-0.3, -0.25) is 14.4 Å². The summed E-state index contributed by atoms with van der Waals surface area (Å²) in [7, 11) is 0. The Balaban J connectivity index is 1.83. The number of hydrogen-bond donors (Lipinski definition) is 2. The minimum absolute atomic E-state index is 0.0295. The highest BCUT2D eigenvalue weighted by atomic mass is 16.4. The number of likely N-dealkylation sites (tertiary alicyclic amines) is 1. The third kappa shape index (κ3) is 3.71. The monoisotopic (exact) mass is 282 g/mol. The number of nitrogens with zero attached hydrogens (tertiary/aromatic N) is 1. The van der Waals surface area contributed by atoms with E-state index >= 15 is 0 Å². The molecule has 20 heavy (non-hydrogen) atoms. The van der Waals surface area contributed by atoms with Crippen molar-refractivity contribution in [2.75, 3.05) is 13.1 Å². The summed E-state index contributed by atoms with van der Waals surface area (Å²) in [6.45, 7) is 3.13. The van der Waals surface area contributed by atoms with Crippen LogP contribution in [0.5, 0.6) is 0 Å². The highest BCUT2D eigenvalue weighted by molar-refractivity contribution is 5.79. The highest BCUT2D eigenvalue weighted by Crippen LogP contribution is 2.26. The molecule has 2 amide bonds. The van der Waals surface area contributed by atoms with Crippen LogP contribution in [0.2, 0.25) is 0 Å². The van der Waals surface area contributed by atoms with E-state index in [2.05, 4.69) is 5.32 Å². The molecule has 0 aromatic rings. The van der Waals surface area contributed by atoms with E-state index in [4.69, 9.17) is 5.11 Å². The number of piperidine rings is 2. The van der Waals surface area contributed by atoms with Crippen LogP contribution in [-0.4, -0.2) is 46.9 Å². The number of rotatable bonds is 4. The van der Waals surface area contributed by atoms with Crippen LogP contribution in [0.25, 0.3) is 0 Å². The summed E-state index contributed by atoms with van der Waals surface area (Å²) in [6, 6.07) is 0.205. The van der Waals surface area contributed by atoms with Crippen molar-refractivity contribution in [3.63, 3.8) is 0 Å². The van der Waals surface area contributed by atoms with E-state index < -0.39 is 5.97 Å². The average Bonchev–Trinajstić information content (AvgIpc) is 2.36. The Kier molecular flexibility index (Phi) is 4.62. The average molecular weight is 282 g/mol. The molecule has 2 aliphatic heterocycles. The smallest absolute Gasteiger partial charge is 0.303 e. The fourth-order valence-corrected chi connectivity index (χ4v) is 3.13. The van der Waals surface area contributed by atoms with E-state index in [1.165, 1.54) is 0 Å². The lowest BCUT2D eigenvalue weighted by atomic mass is 9.85. The van der Waals surface area contributed by atoms with E-state index in [9.17, 15) is 14.4 Å². The molecule has 112 valence electrons. The molecular formula is C14H22N2O4. The first kappa shape index (κ1) is 14.8. The maximum absolute atomic E-state index is 12.2. The number of aliphatic carboxylic acids is 1. The first-order chi connectivity index (χ1) is 9.45. The Labute approximate surface area is 118 Å². The predicted octanol–water partition coefficient (Wildman–Crippen LogP) is 0.614. The molecule has 6 nitrogen and oxygen atoms in total. The summed E-state index contributed by atoms with van der Waals surface area (Å²) < 4.78 is 0. The van der Waals surface area contributed by atoms with Gasteiger partial charge in [-0.25, -0.2) is 0 Å². The van der Waals surface area contributed by atoms with E-state index in [1.807, 2.05) is 4.90 Å². The van der Waals surface area contributed by atoms with E-state index in [0.717, 1.165) is 12.8 Å². The summed E-state index contributed by atoms with van der Waals surface area (Å²) in [5.41, 5.74) is 0. The number of carboxylic acids is 1. The minimum atomic E-state index is -0.862.